The van der Waals surface area contributed by atoms with Crippen LogP contribution in [0.15, 0.2) is 41.4 Å². The molecule has 198 valence electrons. The molecule has 0 bridgehead atoms. The van der Waals surface area contributed by atoms with Gasteiger partial charge >= 0.3 is 5.97 Å². The second-order valence-electron chi connectivity index (χ2n) is 7.91. The van der Waals surface area contributed by atoms with Gasteiger partial charge in [0.15, 0.2) is 0 Å². The van der Waals surface area contributed by atoms with Crippen LogP contribution in [0.3, 0.4) is 0 Å². The molecule has 3 N–H and O–H groups in total. The lowest BCUT2D eigenvalue weighted by Gasteiger charge is -2.43. The smallest absolute Gasteiger partial charge is 0.329 e. The lowest BCUT2D eigenvalue weighted by molar-refractivity contribution is -0.196. The number of benzene rings is 2. The standard InChI is InChI=1S/C22H18Cl3F2N3O6S/c23-11-2-1-10(5-12(11)24)37-22-21(35-8-17(32)33)19(20(34)16(7-31)36-22)30-6-15(28-29-30)9-3-13(26)18(25)14(27)4-9/h1-6,16,19-22,31,34H,7-8H2,(H,32,33). The van der Waals surface area contributed by atoms with E-state index in [1.165, 1.54) is 10.9 Å². The Kier molecular flexibility index (Phi) is 8.92. The van der Waals surface area contributed by atoms with Crippen LogP contribution in [-0.4, -0.2) is 73.2 Å². The van der Waals surface area contributed by atoms with E-state index in [1.807, 2.05) is 0 Å². The number of aliphatic carboxylic acids is 1. The predicted molar refractivity (Wildman–Crippen MR) is 131 cm³/mol. The number of aromatic nitrogens is 3. The summed E-state index contributed by atoms with van der Waals surface area (Å²) >= 11 is 18.7. The average Bonchev–Trinajstić information content (AvgIpc) is 3.34. The van der Waals surface area contributed by atoms with Crippen molar-refractivity contribution in [2.24, 2.45) is 0 Å². The maximum Gasteiger partial charge on any atom is 0.329 e. The van der Waals surface area contributed by atoms with Gasteiger partial charge in [-0.15, -0.1) is 5.10 Å². The number of aliphatic hydroxyl groups excluding tert-OH is 2. The number of carbonyl (C=O) groups is 1. The van der Waals surface area contributed by atoms with E-state index in [2.05, 4.69) is 10.3 Å². The molecule has 0 saturated carbocycles. The van der Waals surface area contributed by atoms with Crippen LogP contribution in [-0.2, 0) is 14.3 Å². The van der Waals surface area contributed by atoms with E-state index in [0.29, 0.717) is 9.92 Å². The topological polar surface area (TPSA) is 127 Å². The van der Waals surface area contributed by atoms with Gasteiger partial charge in [-0.25, -0.2) is 18.3 Å². The number of hydrogen-bond acceptors (Lipinski definition) is 8. The van der Waals surface area contributed by atoms with Gasteiger partial charge in [0.25, 0.3) is 0 Å². The fraction of sp³-hybridized carbons (Fsp3) is 0.318. The van der Waals surface area contributed by atoms with Gasteiger partial charge in [0.1, 0.15) is 58.7 Å². The number of nitrogens with zero attached hydrogens (tertiary/aromatic N) is 3. The summed E-state index contributed by atoms with van der Waals surface area (Å²) < 4.78 is 40.6. The first-order chi connectivity index (χ1) is 17.6. The molecule has 1 aliphatic heterocycles. The van der Waals surface area contributed by atoms with E-state index in [0.717, 1.165) is 23.9 Å². The molecular weight excluding hydrogens is 579 g/mol. The zero-order valence-electron chi connectivity index (χ0n) is 18.5. The molecule has 37 heavy (non-hydrogen) atoms. The first-order valence-electron chi connectivity index (χ1n) is 10.5. The summed E-state index contributed by atoms with van der Waals surface area (Å²) in [5.74, 6) is -3.28. The summed E-state index contributed by atoms with van der Waals surface area (Å²) in [6, 6.07) is 5.61. The summed E-state index contributed by atoms with van der Waals surface area (Å²) in [6.07, 6.45) is -2.38. The van der Waals surface area contributed by atoms with Gasteiger partial charge in [-0.2, -0.15) is 0 Å². The van der Waals surface area contributed by atoms with E-state index in [9.17, 15) is 28.9 Å². The number of ether oxygens (including phenoxy) is 2. The Morgan fingerprint density at radius 1 is 1.16 bits per heavy atom. The summed E-state index contributed by atoms with van der Waals surface area (Å²) in [4.78, 5) is 11.9. The zero-order valence-corrected chi connectivity index (χ0v) is 21.6. The highest BCUT2D eigenvalue weighted by molar-refractivity contribution is 7.99. The summed E-state index contributed by atoms with van der Waals surface area (Å²) in [5.41, 5.74) is -0.893. The van der Waals surface area contributed by atoms with Gasteiger partial charge in [0.05, 0.1) is 22.8 Å². The fourth-order valence-electron chi connectivity index (χ4n) is 3.75. The van der Waals surface area contributed by atoms with Gasteiger partial charge in [-0.05, 0) is 30.3 Å². The molecule has 0 radical (unpaired) electrons. The normalized spacial score (nSPS) is 23.8. The van der Waals surface area contributed by atoms with E-state index in [4.69, 9.17) is 44.3 Å². The number of hydrogen-bond donors (Lipinski definition) is 3. The molecule has 3 aromatic rings. The molecule has 2 aromatic carbocycles. The molecule has 1 aromatic heterocycles. The third kappa shape index (κ3) is 6.18. The maximum absolute atomic E-state index is 14.0. The lowest BCUT2D eigenvalue weighted by Crippen LogP contribution is -2.56. The molecule has 15 heteroatoms. The first kappa shape index (κ1) is 28.0. The number of thioether (sulfide) groups is 1. The number of carboxylic acids is 1. The molecule has 1 fully saturated rings. The molecular formula is C22H18Cl3F2N3O6S. The second-order valence-corrected chi connectivity index (χ2v) is 10.3. The summed E-state index contributed by atoms with van der Waals surface area (Å²) in [5, 5.41) is 37.9. The maximum atomic E-state index is 14.0. The van der Waals surface area contributed by atoms with Crippen molar-refractivity contribution in [3.63, 3.8) is 0 Å². The highest BCUT2D eigenvalue weighted by atomic mass is 35.5. The second kappa shape index (κ2) is 11.8. The summed E-state index contributed by atoms with van der Waals surface area (Å²) in [6.45, 7) is -1.33. The van der Waals surface area contributed by atoms with Crippen molar-refractivity contribution < 1.29 is 38.4 Å². The molecule has 0 amide bonds. The molecule has 9 nitrogen and oxygen atoms in total. The van der Waals surface area contributed by atoms with Crippen molar-refractivity contribution in [1.82, 2.24) is 15.0 Å². The molecule has 0 spiro atoms. The third-order valence-electron chi connectivity index (χ3n) is 5.46. The molecule has 5 atom stereocenters. The lowest BCUT2D eigenvalue weighted by atomic mass is 9.97. The van der Waals surface area contributed by atoms with Crippen LogP contribution in [0.1, 0.15) is 6.04 Å². The SMILES string of the molecule is O=C(O)COC1C(Sc2ccc(Cl)c(Cl)c2)OC(CO)C(O)C1n1cc(-c2cc(F)c(Cl)c(F)c2)nn1. The first-order valence-corrected chi connectivity index (χ1v) is 12.6. The molecule has 1 saturated heterocycles. The van der Waals surface area contributed by atoms with E-state index in [-0.39, 0.29) is 16.3 Å². The molecule has 2 heterocycles. The number of halogens is 5. The van der Waals surface area contributed by atoms with Gasteiger partial charge in [-0.3, -0.25) is 0 Å². The molecule has 1 aliphatic rings. The highest BCUT2D eigenvalue weighted by Gasteiger charge is 2.48. The van der Waals surface area contributed by atoms with Crippen molar-refractivity contribution in [3.05, 3.63) is 63.2 Å². The minimum Gasteiger partial charge on any atom is -0.480 e. The molecule has 5 unspecified atom stereocenters. The Labute approximate surface area is 227 Å². The van der Waals surface area contributed by atoms with Crippen LogP contribution in [0, 0.1) is 11.6 Å². The molecule has 4 rings (SSSR count). The van der Waals surface area contributed by atoms with Crippen LogP contribution >= 0.6 is 46.6 Å². The number of aliphatic hydroxyl groups is 2. The van der Waals surface area contributed by atoms with Crippen LogP contribution < -0.4 is 0 Å². The van der Waals surface area contributed by atoms with Gasteiger partial charge in [-0.1, -0.05) is 51.8 Å². The van der Waals surface area contributed by atoms with Gasteiger partial charge in [0, 0.05) is 10.5 Å². The Bertz CT molecular complexity index is 1280. The average molecular weight is 597 g/mol. The Balaban J connectivity index is 1.72. The Morgan fingerprint density at radius 2 is 1.86 bits per heavy atom. The minimum atomic E-state index is -1.43. The van der Waals surface area contributed by atoms with Crippen molar-refractivity contribution in [2.45, 2.75) is 34.7 Å². The van der Waals surface area contributed by atoms with Crippen LogP contribution in [0.4, 0.5) is 8.78 Å². The largest absolute Gasteiger partial charge is 0.480 e. The Morgan fingerprint density at radius 3 is 2.49 bits per heavy atom. The highest BCUT2D eigenvalue weighted by Crippen LogP contribution is 2.41. The van der Waals surface area contributed by atoms with E-state index >= 15 is 0 Å². The van der Waals surface area contributed by atoms with Crippen molar-refractivity contribution in [3.8, 4) is 11.3 Å². The molecule has 0 aliphatic carbocycles. The number of carboxylic acid groups (broad SMARTS) is 1. The van der Waals surface area contributed by atoms with E-state index < -0.39 is 65.6 Å². The Hall–Kier alpha value is -2.03. The summed E-state index contributed by atoms with van der Waals surface area (Å²) in [7, 11) is 0. The quantitative estimate of drug-likeness (QED) is 0.330. The van der Waals surface area contributed by atoms with Crippen LogP contribution in [0.25, 0.3) is 11.3 Å². The predicted octanol–water partition coefficient (Wildman–Crippen LogP) is 4.06. The van der Waals surface area contributed by atoms with Gasteiger partial charge < -0.3 is 24.8 Å². The van der Waals surface area contributed by atoms with Crippen molar-refractivity contribution in [2.75, 3.05) is 13.2 Å². The minimum absolute atomic E-state index is 0.0237. The zero-order chi connectivity index (χ0) is 26.9. The third-order valence-corrected chi connectivity index (χ3v) is 7.70. The van der Waals surface area contributed by atoms with Gasteiger partial charge in [0.2, 0.25) is 0 Å². The van der Waals surface area contributed by atoms with Crippen molar-refractivity contribution in [1.29, 1.82) is 0 Å². The van der Waals surface area contributed by atoms with Crippen LogP contribution in [0.2, 0.25) is 15.1 Å². The number of rotatable bonds is 8. The van der Waals surface area contributed by atoms with Crippen LogP contribution in [0.5, 0.6) is 0 Å². The van der Waals surface area contributed by atoms with E-state index in [1.54, 1.807) is 18.2 Å². The van der Waals surface area contributed by atoms with Crippen molar-refractivity contribution >= 4 is 52.5 Å². The monoisotopic (exact) mass is 595 g/mol. The fourth-order valence-corrected chi connectivity index (χ4v) is 5.39.